The van der Waals surface area contributed by atoms with Gasteiger partial charge in [0.15, 0.2) is 0 Å². The van der Waals surface area contributed by atoms with Crippen molar-refractivity contribution in [3.63, 3.8) is 0 Å². The van der Waals surface area contributed by atoms with E-state index in [0.717, 1.165) is 30.5 Å². The van der Waals surface area contributed by atoms with Gasteiger partial charge >= 0.3 is 0 Å². The highest BCUT2D eigenvalue weighted by Gasteiger charge is 2.13. The summed E-state index contributed by atoms with van der Waals surface area (Å²) >= 11 is 0. The number of aliphatic hydroxyl groups excluding tert-OH is 1. The lowest BCUT2D eigenvalue weighted by Crippen LogP contribution is -2.30. The lowest BCUT2D eigenvalue weighted by molar-refractivity contribution is 0.311. The number of nitrogens with zero attached hydrogens (tertiary/aromatic N) is 3. The number of aromatic nitrogens is 2. The Morgan fingerprint density at radius 1 is 1.29 bits per heavy atom. The molecule has 0 spiro atoms. The zero-order valence-corrected chi connectivity index (χ0v) is 10.3. The minimum atomic E-state index is 0.113. The van der Waals surface area contributed by atoms with Crippen LogP contribution in [0, 0.1) is 6.92 Å². The normalized spacial score (nSPS) is 16.0. The molecule has 0 unspecified atom stereocenters. The van der Waals surface area contributed by atoms with Gasteiger partial charge in [0.1, 0.15) is 17.5 Å². The highest BCUT2D eigenvalue weighted by Crippen LogP contribution is 2.20. The van der Waals surface area contributed by atoms with Crippen LogP contribution in [-0.2, 0) is 0 Å². The van der Waals surface area contributed by atoms with Crippen LogP contribution in [0.4, 0.5) is 11.6 Å². The number of piperidine rings is 1. The van der Waals surface area contributed by atoms with Crippen LogP contribution in [0.5, 0.6) is 0 Å². The summed E-state index contributed by atoms with van der Waals surface area (Å²) in [5.74, 6) is 2.57. The molecule has 2 N–H and O–H groups in total. The molecule has 0 bridgehead atoms. The van der Waals surface area contributed by atoms with Crippen LogP contribution in [-0.4, -0.2) is 41.3 Å². The van der Waals surface area contributed by atoms with Crippen molar-refractivity contribution < 1.29 is 5.11 Å². The molecule has 1 saturated heterocycles. The zero-order valence-electron chi connectivity index (χ0n) is 10.3. The van der Waals surface area contributed by atoms with Crippen LogP contribution in [0.2, 0.25) is 0 Å². The second-order valence-electron chi connectivity index (χ2n) is 4.36. The van der Waals surface area contributed by atoms with Gasteiger partial charge in [-0.25, -0.2) is 9.97 Å². The Morgan fingerprint density at radius 2 is 2.06 bits per heavy atom. The molecule has 1 aliphatic heterocycles. The summed E-state index contributed by atoms with van der Waals surface area (Å²) in [6.45, 7) is 4.70. The van der Waals surface area contributed by atoms with Gasteiger partial charge in [-0.05, 0) is 26.2 Å². The summed E-state index contributed by atoms with van der Waals surface area (Å²) in [5, 5.41) is 11.9. The van der Waals surface area contributed by atoms with Gasteiger partial charge in [0.25, 0.3) is 0 Å². The van der Waals surface area contributed by atoms with Crippen molar-refractivity contribution in [1.82, 2.24) is 9.97 Å². The maximum absolute atomic E-state index is 8.80. The molecule has 1 aliphatic rings. The van der Waals surface area contributed by atoms with E-state index in [1.165, 1.54) is 19.3 Å². The van der Waals surface area contributed by atoms with Crippen LogP contribution < -0.4 is 10.2 Å². The number of hydrogen-bond acceptors (Lipinski definition) is 5. The molecule has 2 rings (SSSR count). The lowest BCUT2D eigenvalue weighted by atomic mass is 10.1. The van der Waals surface area contributed by atoms with Gasteiger partial charge in [-0.1, -0.05) is 0 Å². The molecule has 1 aromatic rings. The largest absolute Gasteiger partial charge is 0.395 e. The third kappa shape index (κ3) is 3.30. The standard InChI is InChI=1S/C12H20N4O/c1-10-14-11(13-5-8-17)9-12(15-10)16-6-3-2-4-7-16/h9,17H,2-8H2,1H3,(H,13,14,15). The van der Waals surface area contributed by atoms with E-state index >= 15 is 0 Å². The summed E-state index contributed by atoms with van der Waals surface area (Å²) < 4.78 is 0. The second-order valence-corrected chi connectivity index (χ2v) is 4.36. The maximum Gasteiger partial charge on any atom is 0.134 e. The van der Waals surface area contributed by atoms with E-state index in [0.29, 0.717) is 6.54 Å². The molecule has 94 valence electrons. The van der Waals surface area contributed by atoms with Crippen LogP contribution in [0.3, 0.4) is 0 Å². The molecule has 0 saturated carbocycles. The molecule has 1 fully saturated rings. The molecule has 17 heavy (non-hydrogen) atoms. The Kier molecular flexibility index (Phi) is 4.14. The monoisotopic (exact) mass is 236 g/mol. The lowest BCUT2D eigenvalue weighted by Gasteiger charge is -2.28. The van der Waals surface area contributed by atoms with Crippen LogP contribution in [0.1, 0.15) is 25.1 Å². The first-order chi connectivity index (χ1) is 8.29. The van der Waals surface area contributed by atoms with Crippen molar-refractivity contribution >= 4 is 11.6 Å². The van der Waals surface area contributed by atoms with Crippen molar-refractivity contribution in [2.45, 2.75) is 26.2 Å². The number of aryl methyl sites for hydroxylation is 1. The quantitative estimate of drug-likeness (QED) is 0.822. The molecule has 0 atom stereocenters. The molecule has 0 radical (unpaired) electrons. The van der Waals surface area contributed by atoms with Crippen molar-refractivity contribution in [3.05, 3.63) is 11.9 Å². The fourth-order valence-electron chi connectivity index (χ4n) is 2.11. The topological polar surface area (TPSA) is 61.3 Å². The van der Waals surface area contributed by atoms with Gasteiger partial charge in [0, 0.05) is 25.7 Å². The minimum Gasteiger partial charge on any atom is -0.395 e. The third-order valence-electron chi connectivity index (χ3n) is 2.92. The fraction of sp³-hybridized carbons (Fsp3) is 0.667. The van der Waals surface area contributed by atoms with E-state index in [-0.39, 0.29) is 6.61 Å². The smallest absolute Gasteiger partial charge is 0.134 e. The minimum absolute atomic E-state index is 0.113. The maximum atomic E-state index is 8.80. The molecule has 0 amide bonds. The second kappa shape index (κ2) is 5.82. The Balaban J connectivity index is 2.12. The van der Waals surface area contributed by atoms with E-state index in [2.05, 4.69) is 20.2 Å². The van der Waals surface area contributed by atoms with E-state index in [4.69, 9.17) is 5.11 Å². The first-order valence-electron chi connectivity index (χ1n) is 6.25. The average Bonchev–Trinajstić information content (AvgIpc) is 2.37. The van der Waals surface area contributed by atoms with Gasteiger partial charge in [0.05, 0.1) is 6.61 Å². The van der Waals surface area contributed by atoms with E-state index in [9.17, 15) is 0 Å². The molecule has 5 nitrogen and oxygen atoms in total. The molecular formula is C12H20N4O. The first-order valence-corrected chi connectivity index (χ1v) is 6.25. The molecule has 0 aromatic carbocycles. The van der Waals surface area contributed by atoms with E-state index in [1.807, 2.05) is 13.0 Å². The first kappa shape index (κ1) is 12.1. The van der Waals surface area contributed by atoms with Crippen LogP contribution >= 0.6 is 0 Å². The van der Waals surface area contributed by atoms with Crippen molar-refractivity contribution in [1.29, 1.82) is 0 Å². The number of aliphatic hydroxyl groups is 1. The molecule has 0 aliphatic carbocycles. The number of anilines is 2. The number of rotatable bonds is 4. The summed E-state index contributed by atoms with van der Waals surface area (Å²) in [6, 6.07) is 1.97. The summed E-state index contributed by atoms with van der Waals surface area (Å²) in [7, 11) is 0. The van der Waals surface area contributed by atoms with Crippen molar-refractivity contribution in [2.24, 2.45) is 0 Å². The molecule has 1 aromatic heterocycles. The third-order valence-corrected chi connectivity index (χ3v) is 2.92. The fourth-order valence-corrected chi connectivity index (χ4v) is 2.11. The predicted molar refractivity (Wildman–Crippen MR) is 68.4 cm³/mol. The van der Waals surface area contributed by atoms with Crippen LogP contribution in [0.15, 0.2) is 6.07 Å². The zero-order chi connectivity index (χ0) is 12.1. The predicted octanol–water partition coefficient (Wildman–Crippen LogP) is 1.18. The van der Waals surface area contributed by atoms with Crippen molar-refractivity contribution in [3.8, 4) is 0 Å². The number of nitrogens with one attached hydrogen (secondary N) is 1. The molecular weight excluding hydrogens is 216 g/mol. The summed E-state index contributed by atoms with van der Waals surface area (Å²) in [5.41, 5.74) is 0. The number of hydrogen-bond donors (Lipinski definition) is 2. The molecule has 5 heteroatoms. The van der Waals surface area contributed by atoms with Gasteiger partial charge < -0.3 is 15.3 Å². The SMILES string of the molecule is Cc1nc(NCCO)cc(N2CCCCC2)n1. The summed E-state index contributed by atoms with van der Waals surface area (Å²) in [6.07, 6.45) is 3.79. The Hall–Kier alpha value is -1.36. The average molecular weight is 236 g/mol. The van der Waals surface area contributed by atoms with Gasteiger partial charge in [0.2, 0.25) is 0 Å². The molecule has 2 heterocycles. The Bertz CT molecular complexity index is 364. The van der Waals surface area contributed by atoms with Gasteiger partial charge in [-0.2, -0.15) is 0 Å². The van der Waals surface area contributed by atoms with Gasteiger partial charge in [-0.3, -0.25) is 0 Å². The highest BCUT2D eigenvalue weighted by atomic mass is 16.3. The Labute approximate surface area is 102 Å². The van der Waals surface area contributed by atoms with Gasteiger partial charge in [-0.15, -0.1) is 0 Å². The van der Waals surface area contributed by atoms with E-state index < -0.39 is 0 Å². The Morgan fingerprint density at radius 3 is 2.76 bits per heavy atom. The van der Waals surface area contributed by atoms with E-state index in [1.54, 1.807) is 0 Å². The van der Waals surface area contributed by atoms with Crippen LogP contribution in [0.25, 0.3) is 0 Å². The summed E-state index contributed by atoms with van der Waals surface area (Å²) in [4.78, 5) is 11.1. The highest BCUT2D eigenvalue weighted by molar-refractivity contribution is 5.49. The van der Waals surface area contributed by atoms with Crippen molar-refractivity contribution in [2.75, 3.05) is 36.5 Å².